The Labute approximate surface area is 77.8 Å². The molecule has 4 fully saturated rings. The molecule has 3 atom stereocenters. The number of hydrogen-bond acceptors (Lipinski definition) is 3. The lowest BCUT2D eigenvalue weighted by Gasteiger charge is -2.32. The lowest BCUT2D eigenvalue weighted by Crippen LogP contribution is -2.43. The molecule has 0 amide bonds. The van der Waals surface area contributed by atoms with Gasteiger partial charge in [0.1, 0.15) is 0 Å². The van der Waals surface area contributed by atoms with Gasteiger partial charge in [-0.25, -0.2) is 0 Å². The Balaban J connectivity index is 1.50. The lowest BCUT2D eigenvalue weighted by atomic mass is 9.74. The van der Waals surface area contributed by atoms with E-state index in [2.05, 4.69) is 5.32 Å². The quantitative estimate of drug-likeness (QED) is 0.646. The summed E-state index contributed by atoms with van der Waals surface area (Å²) < 4.78 is 5.27. The number of hydrogen-bond donors (Lipinski definition) is 1. The van der Waals surface area contributed by atoms with Crippen LogP contribution in [0.4, 0.5) is 0 Å². The standard InChI is InChI=1S/C10H15NO2/c12-10(13-5-6-1-2-6)9-7-3-8(9)11-4-7/h6-9,11H,1-5H2. The highest BCUT2D eigenvalue weighted by Gasteiger charge is 2.51. The minimum Gasteiger partial charge on any atom is -0.465 e. The van der Waals surface area contributed by atoms with E-state index >= 15 is 0 Å². The second kappa shape index (κ2) is 2.71. The smallest absolute Gasteiger partial charge is 0.310 e. The van der Waals surface area contributed by atoms with E-state index in [1.807, 2.05) is 0 Å². The Morgan fingerprint density at radius 1 is 1.46 bits per heavy atom. The highest BCUT2D eigenvalue weighted by Crippen LogP contribution is 2.41. The van der Waals surface area contributed by atoms with Crippen molar-refractivity contribution in [1.82, 2.24) is 5.32 Å². The summed E-state index contributed by atoms with van der Waals surface area (Å²) in [6, 6.07) is 0.441. The van der Waals surface area contributed by atoms with Gasteiger partial charge in [-0.05, 0) is 37.6 Å². The zero-order valence-corrected chi connectivity index (χ0v) is 7.66. The van der Waals surface area contributed by atoms with Crippen LogP contribution in [0.25, 0.3) is 0 Å². The van der Waals surface area contributed by atoms with Crippen molar-refractivity contribution in [2.45, 2.75) is 25.3 Å². The minimum atomic E-state index is 0.0538. The van der Waals surface area contributed by atoms with Crippen LogP contribution in [0.5, 0.6) is 0 Å². The van der Waals surface area contributed by atoms with Gasteiger partial charge in [0, 0.05) is 6.04 Å². The van der Waals surface area contributed by atoms with Gasteiger partial charge in [-0.15, -0.1) is 0 Å². The van der Waals surface area contributed by atoms with E-state index in [4.69, 9.17) is 4.74 Å². The molecule has 2 bridgehead atoms. The third-order valence-corrected chi connectivity index (χ3v) is 3.57. The summed E-state index contributed by atoms with van der Waals surface area (Å²) in [5, 5.41) is 3.33. The van der Waals surface area contributed by atoms with E-state index < -0.39 is 0 Å². The fourth-order valence-electron chi connectivity index (χ4n) is 2.41. The molecule has 0 aromatic carbocycles. The van der Waals surface area contributed by atoms with Gasteiger partial charge in [0.15, 0.2) is 0 Å². The number of fused-ring (bicyclic) bond motifs is 1. The molecule has 0 spiro atoms. The maximum Gasteiger partial charge on any atom is 0.310 e. The predicted octanol–water partition coefficient (Wildman–Crippen LogP) is 0.547. The van der Waals surface area contributed by atoms with Crippen molar-refractivity contribution in [1.29, 1.82) is 0 Å². The number of carbonyl (C=O) groups is 1. The van der Waals surface area contributed by atoms with Crippen LogP contribution in [0.3, 0.4) is 0 Å². The maximum absolute atomic E-state index is 11.6. The summed E-state index contributed by atoms with van der Waals surface area (Å²) in [7, 11) is 0. The SMILES string of the molecule is O=C(OCC1CC1)C1C2CNC1C2. The van der Waals surface area contributed by atoms with Crippen molar-refractivity contribution in [2.75, 3.05) is 13.2 Å². The van der Waals surface area contributed by atoms with Gasteiger partial charge in [0.05, 0.1) is 12.5 Å². The molecule has 2 aliphatic heterocycles. The summed E-state index contributed by atoms with van der Waals surface area (Å²) in [5.41, 5.74) is 0. The van der Waals surface area contributed by atoms with Crippen LogP contribution in [0.1, 0.15) is 19.3 Å². The molecule has 1 N–H and O–H groups in total. The van der Waals surface area contributed by atoms with E-state index in [1.165, 1.54) is 19.3 Å². The second-order valence-corrected chi connectivity index (χ2v) is 4.61. The summed E-state index contributed by atoms with van der Waals surface area (Å²) in [4.78, 5) is 11.6. The van der Waals surface area contributed by atoms with Crippen LogP contribution in [0.15, 0.2) is 0 Å². The molecule has 3 nitrogen and oxygen atoms in total. The molecule has 3 unspecified atom stereocenters. The van der Waals surface area contributed by atoms with Crippen molar-refractivity contribution >= 4 is 5.97 Å². The third-order valence-electron chi connectivity index (χ3n) is 3.57. The van der Waals surface area contributed by atoms with Gasteiger partial charge in [-0.2, -0.15) is 0 Å². The topological polar surface area (TPSA) is 38.3 Å². The van der Waals surface area contributed by atoms with Crippen LogP contribution in [-0.4, -0.2) is 25.2 Å². The van der Waals surface area contributed by atoms with Crippen molar-refractivity contribution in [2.24, 2.45) is 17.8 Å². The third kappa shape index (κ3) is 1.26. The van der Waals surface area contributed by atoms with E-state index in [0.717, 1.165) is 6.54 Å². The van der Waals surface area contributed by atoms with Gasteiger partial charge >= 0.3 is 5.97 Å². The molecule has 0 aromatic heterocycles. The Kier molecular flexibility index (Phi) is 1.62. The van der Waals surface area contributed by atoms with E-state index in [0.29, 0.717) is 24.5 Å². The first-order valence-electron chi connectivity index (χ1n) is 5.24. The molecule has 0 radical (unpaired) electrons. The van der Waals surface area contributed by atoms with Crippen molar-refractivity contribution in [3.05, 3.63) is 0 Å². The van der Waals surface area contributed by atoms with E-state index in [1.54, 1.807) is 0 Å². The number of ether oxygens (including phenoxy) is 1. The zero-order valence-electron chi connectivity index (χ0n) is 7.66. The van der Waals surface area contributed by atoms with Gasteiger partial charge < -0.3 is 10.1 Å². The van der Waals surface area contributed by atoms with Gasteiger partial charge in [0.2, 0.25) is 0 Å². The molecule has 13 heavy (non-hydrogen) atoms. The Hall–Kier alpha value is -0.570. The van der Waals surface area contributed by atoms with Crippen molar-refractivity contribution in [3.63, 3.8) is 0 Å². The predicted molar refractivity (Wildman–Crippen MR) is 47.1 cm³/mol. The average molecular weight is 181 g/mol. The van der Waals surface area contributed by atoms with Crippen LogP contribution >= 0.6 is 0 Å². The largest absolute Gasteiger partial charge is 0.465 e. The molecule has 2 saturated heterocycles. The van der Waals surface area contributed by atoms with Gasteiger partial charge in [0.25, 0.3) is 0 Å². The zero-order chi connectivity index (χ0) is 8.84. The van der Waals surface area contributed by atoms with Crippen LogP contribution < -0.4 is 5.32 Å². The van der Waals surface area contributed by atoms with Gasteiger partial charge in [-0.1, -0.05) is 0 Å². The van der Waals surface area contributed by atoms with Crippen LogP contribution in [0.2, 0.25) is 0 Å². The minimum absolute atomic E-state index is 0.0538. The normalized spacial score (nSPS) is 41.4. The fraction of sp³-hybridized carbons (Fsp3) is 0.900. The first-order chi connectivity index (χ1) is 6.34. The number of nitrogens with one attached hydrogen (secondary N) is 1. The molecule has 2 heterocycles. The number of rotatable bonds is 3. The molecular weight excluding hydrogens is 166 g/mol. The molecule has 4 rings (SSSR count). The highest BCUT2D eigenvalue weighted by atomic mass is 16.5. The summed E-state index contributed by atoms with van der Waals surface area (Å²) in [5.74, 6) is 1.52. The summed E-state index contributed by atoms with van der Waals surface area (Å²) >= 11 is 0. The van der Waals surface area contributed by atoms with Crippen molar-refractivity contribution in [3.8, 4) is 0 Å². The van der Waals surface area contributed by atoms with Crippen molar-refractivity contribution < 1.29 is 9.53 Å². The highest BCUT2D eigenvalue weighted by molar-refractivity contribution is 5.75. The molecule has 72 valence electrons. The summed E-state index contributed by atoms with van der Waals surface area (Å²) in [6.45, 7) is 1.70. The summed E-state index contributed by atoms with van der Waals surface area (Å²) in [6.07, 6.45) is 3.69. The fourth-order valence-corrected chi connectivity index (χ4v) is 2.41. The molecule has 0 aromatic rings. The van der Waals surface area contributed by atoms with E-state index in [9.17, 15) is 4.79 Å². The number of carbonyl (C=O) groups excluding carboxylic acids is 1. The average Bonchev–Trinajstić information content (AvgIpc) is 2.62. The van der Waals surface area contributed by atoms with Crippen LogP contribution in [0, 0.1) is 17.8 Å². The van der Waals surface area contributed by atoms with E-state index in [-0.39, 0.29) is 11.9 Å². The molecular formula is C10H15NO2. The Morgan fingerprint density at radius 2 is 2.31 bits per heavy atom. The Bertz CT molecular complexity index is 223. The van der Waals surface area contributed by atoms with Gasteiger partial charge in [-0.3, -0.25) is 4.79 Å². The number of esters is 1. The molecule has 4 aliphatic rings. The molecule has 2 saturated carbocycles. The molecule has 3 heteroatoms. The second-order valence-electron chi connectivity index (χ2n) is 4.61. The lowest BCUT2D eigenvalue weighted by molar-refractivity contribution is -0.154. The first kappa shape index (κ1) is 7.80. The first-order valence-corrected chi connectivity index (χ1v) is 5.24. The monoisotopic (exact) mass is 181 g/mol. The van der Waals surface area contributed by atoms with Crippen LogP contribution in [-0.2, 0) is 9.53 Å². The maximum atomic E-state index is 11.6. The Morgan fingerprint density at radius 3 is 2.85 bits per heavy atom. The molecule has 2 aliphatic carbocycles.